The molecule has 114 valence electrons. The first-order valence-electron chi connectivity index (χ1n) is 7.64. The van der Waals surface area contributed by atoms with E-state index in [1.54, 1.807) is 19.4 Å². The zero-order valence-corrected chi connectivity index (χ0v) is 13.1. The summed E-state index contributed by atoms with van der Waals surface area (Å²) in [7, 11) is 1.55. The summed E-state index contributed by atoms with van der Waals surface area (Å²) in [6.45, 7) is 6.88. The van der Waals surface area contributed by atoms with Crippen molar-refractivity contribution in [2.45, 2.75) is 39.7 Å². The first-order valence-corrected chi connectivity index (χ1v) is 7.64. The van der Waals surface area contributed by atoms with Crippen LogP contribution in [0.3, 0.4) is 0 Å². The number of ether oxygens (including phenoxy) is 2. The lowest BCUT2D eigenvalue weighted by Crippen LogP contribution is -2.57. The van der Waals surface area contributed by atoms with Crippen molar-refractivity contribution in [1.82, 2.24) is 4.98 Å². The van der Waals surface area contributed by atoms with Gasteiger partial charge in [-0.15, -0.1) is 0 Å². The van der Waals surface area contributed by atoms with Crippen LogP contribution in [0.1, 0.15) is 44.0 Å². The second-order valence-corrected chi connectivity index (χ2v) is 6.98. The molecular weight excluding hydrogens is 266 g/mol. The molecule has 3 aliphatic rings. The van der Waals surface area contributed by atoms with Crippen LogP contribution in [0, 0.1) is 23.2 Å². The number of methoxy groups -OCH3 is 1. The average Bonchev–Trinajstić information content (AvgIpc) is 2.48. The predicted molar refractivity (Wildman–Crippen MR) is 79.2 cm³/mol. The highest BCUT2D eigenvalue weighted by Gasteiger charge is 2.57. The first kappa shape index (κ1) is 14.4. The van der Waals surface area contributed by atoms with Gasteiger partial charge in [0.2, 0.25) is 0 Å². The SMILES string of the molecule is COc1ccncc1C(=O)O[C@H]1C[C@H]2C[C@@H]([C@@H]1C)C2(C)C. The average molecular weight is 289 g/mol. The number of rotatable bonds is 3. The zero-order chi connectivity index (χ0) is 15.2. The van der Waals surface area contributed by atoms with Crippen molar-refractivity contribution in [3.8, 4) is 5.75 Å². The van der Waals surface area contributed by atoms with Crippen LogP contribution >= 0.6 is 0 Å². The maximum Gasteiger partial charge on any atom is 0.343 e. The number of carbonyl (C=O) groups is 1. The van der Waals surface area contributed by atoms with Crippen LogP contribution in [0.5, 0.6) is 5.75 Å². The third kappa shape index (κ3) is 2.21. The Hall–Kier alpha value is -1.58. The van der Waals surface area contributed by atoms with Gasteiger partial charge in [-0.2, -0.15) is 0 Å². The summed E-state index contributed by atoms with van der Waals surface area (Å²) in [5.74, 6) is 1.94. The number of fused-ring (bicyclic) bond motifs is 2. The molecule has 4 heteroatoms. The van der Waals surface area contributed by atoms with Gasteiger partial charge in [0.05, 0.1) is 7.11 Å². The number of hydrogen-bond acceptors (Lipinski definition) is 4. The van der Waals surface area contributed by atoms with E-state index in [-0.39, 0.29) is 12.1 Å². The summed E-state index contributed by atoms with van der Waals surface area (Å²) in [6, 6.07) is 1.68. The molecule has 4 rings (SSSR count). The van der Waals surface area contributed by atoms with E-state index in [9.17, 15) is 4.79 Å². The lowest BCUT2D eigenvalue weighted by molar-refractivity contribution is -0.156. The summed E-state index contributed by atoms with van der Waals surface area (Å²) < 4.78 is 11.0. The highest BCUT2D eigenvalue weighted by molar-refractivity contribution is 5.92. The van der Waals surface area contributed by atoms with Gasteiger partial charge >= 0.3 is 5.97 Å². The Morgan fingerprint density at radius 1 is 1.38 bits per heavy atom. The maximum absolute atomic E-state index is 12.4. The van der Waals surface area contributed by atoms with Crippen LogP contribution in [-0.2, 0) is 4.74 Å². The molecule has 0 amide bonds. The Labute approximate surface area is 125 Å². The van der Waals surface area contributed by atoms with Crippen molar-refractivity contribution in [3.05, 3.63) is 24.0 Å². The fraction of sp³-hybridized carbons (Fsp3) is 0.647. The van der Waals surface area contributed by atoms with E-state index in [0.717, 1.165) is 6.42 Å². The Balaban J connectivity index is 1.72. The topological polar surface area (TPSA) is 48.4 Å². The molecule has 0 unspecified atom stereocenters. The Morgan fingerprint density at radius 3 is 2.76 bits per heavy atom. The van der Waals surface area contributed by atoms with Gasteiger partial charge in [0.25, 0.3) is 0 Å². The molecule has 4 nitrogen and oxygen atoms in total. The molecule has 1 aromatic heterocycles. The monoisotopic (exact) mass is 289 g/mol. The van der Waals surface area contributed by atoms with Crippen molar-refractivity contribution >= 4 is 5.97 Å². The highest BCUT2D eigenvalue weighted by Crippen LogP contribution is 2.61. The lowest BCUT2D eigenvalue weighted by Gasteiger charge is -2.61. The molecule has 3 fully saturated rings. The van der Waals surface area contributed by atoms with Crippen LogP contribution in [0.15, 0.2) is 18.5 Å². The largest absolute Gasteiger partial charge is 0.496 e. The van der Waals surface area contributed by atoms with Crippen molar-refractivity contribution in [3.63, 3.8) is 0 Å². The van der Waals surface area contributed by atoms with Crippen LogP contribution < -0.4 is 4.74 Å². The molecule has 0 N–H and O–H groups in total. The van der Waals surface area contributed by atoms with Gasteiger partial charge in [0.1, 0.15) is 17.4 Å². The van der Waals surface area contributed by atoms with E-state index in [2.05, 4.69) is 25.8 Å². The molecular formula is C17H23NO3. The van der Waals surface area contributed by atoms with E-state index >= 15 is 0 Å². The first-order chi connectivity index (χ1) is 9.95. The molecule has 4 atom stereocenters. The molecule has 1 aromatic rings. The third-order valence-corrected chi connectivity index (χ3v) is 5.76. The Kier molecular flexibility index (Phi) is 3.42. The third-order valence-electron chi connectivity index (χ3n) is 5.76. The van der Waals surface area contributed by atoms with Gasteiger partial charge in [-0.1, -0.05) is 20.8 Å². The van der Waals surface area contributed by atoms with Crippen LogP contribution in [0.4, 0.5) is 0 Å². The van der Waals surface area contributed by atoms with Crippen molar-refractivity contribution < 1.29 is 14.3 Å². The molecule has 21 heavy (non-hydrogen) atoms. The summed E-state index contributed by atoms with van der Waals surface area (Å²) in [5.41, 5.74) is 0.805. The van der Waals surface area contributed by atoms with E-state index in [1.807, 2.05) is 0 Å². The predicted octanol–water partition coefficient (Wildman–Crippen LogP) is 3.32. The van der Waals surface area contributed by atoms with E-state index in [1.165, 1.54) is 12.6 Å². The van der Waals surface area contributed by atoms with Gasteiger partial charge in [0.15, 0.2) is 0 Å². The van der Waals surface area contributed by atoms with Crippen molar-refractivity contribution in [1.29, 1.82) is 0 Å². The lowest BCUT2D eigenvalue weighted by atomic mass is 9.45. The number of aromatic nitrogens is 1. The van der Waals surface area contributed by atoms with E-state index in [4.69, 9.17) is 9.47 Å². The molecule has 0 saturated heterocycles. The van der Waals surface area contributed by atoms with Crippen molar-refractivity contribution in [2.75, 3.05) is 7.11 Å². The summed E-state index contributed by atoms with van der Waals surface area (Å²) >= 11 is 0. The van der Waals surface area contributed by atoms with Crippen molar-refractivity contribution in [2.24, 2.45) is 23.2 Å². The molecule has 0 aliphatic heterocycles. The minimum absolute atomic E-state index is 0.0131. The second kappa shape index (κ2) is 5.00. The zero-order valence-electron chi connectivity index (χ0n) is 13.1. The standard InChI is InChI=1S/C17H23NO3/c1-10-13-7-11(17(13,2)3)8-15(10)21-16(19)12-9-18-6-5-14(12)20-4/h5-6,9-11,13,15H,7-8H2,1-4H3/t10-,11+,13-,15-/m0/s1. The fourth-order valence-electron chi connectivity index (χ4n) is 4.17. The molecule has 3 saturated carbocycles. The maximum atomic E-state index is 12.4. The molecule has 0 radical (unpaired) electrons. The Morgan fingerprint density at radius 2 is 2.14 bits per heavy atom. The molecule has 2 bridgehead atoms. The summed E-state index contributed by atoms with van der Waals surface area (Å²) in [4.78, 5) is 16.4. The number of hydrogen-bond donors (Lipinski definition) is 0. The Bertz CT molecular complexity index is 555. The van der Waals surface area contributed by atoms with Gasteiger partial charge < -0.3 is 9.47 Å². The number of pyridine rings is 1. The van der Waals surface area contributed by atoms with E-state index in [0.29, 0.717) is 34.5 Å². The van der Waals surface area contributed by atoms with E-state index < -0.39 is 0 Å². The van der Waals surface area contributed by atoms with Gasteiger partial charge in [0, 0.05) is 12.4 Å². The molecule has 0 aromatic carbocycles. The van der Waals surface area contributed by atoms with Gasteiger partial charge in [-0.25, -0.2) is 4.79 Å². The molecule has 1 heterocycles. The fourth-order valence-corrected chi connectivity index (χ4v) is 4.17. The second-order valence-electron chi connectivity index (χ2n) is 6.98. The number of carbonyl (C=O) groups excluding carboxylic acids is 1. The van der Waals surface area contributed by atoms with Gasteiger partial charge in [-0.3, -0.25) is 4.98 Å². The normalized spacial score (nSPS) is 33.0. The minimum atomic E-state index is -0.323. The summed E-state index contributed by atoms with van der Waals surface area (Å²) in [6.07, 6.45) is 5.38. The van der Waals surface area contributed by atoms with Crippen LogP contribution in [0.25, 0.3) is 0 Å². The van der Waals surface area contributed by atoms with Crippen LogP contribution in [-0.4, -0.2) is 24.2 Å². The summed E-state index contributed by atoms with van der Waals surface area (Å²) in [5, 5.41) is 0. The van der Waals surface area contributed by atoms with Crippen LogP contribution in [0.2, 0.25) is 0 Å². The highest BCUT2D eigenvalue weighted by atomic mass is 16.5. The minimum Gasteiger partial charge on any atom is -0.496 e. The smallest absolute Gasteiger partial charge is 0.343 e. The van der Waals surface area contributed by atoms with Gasteiger partial charge in [-0.05, 0) is 42.1 Å². The quantitative estimate of drug-likeness (QED) is 0.801. The molecule has 3 aliphatic carbocycles. The molecule has 0 spiro atoms. The number of nitrogens with zero attached hydrogens (tertiary/aromatic N) is 1. The number of esters is 1.